The van der Waals surface area contributed by atoms with Crippen LogP contribution in [-0.4, -0.2) is 34.7 Å². The highest BCUT2D eigenvalue weighted by molar-refractivity contribution is 5.99. The van der Waals surface area contributed by atoms with E-state index in [4.69, 9.17) is 9.90 Å². The number of amides is 1. The molecule has 4 aliphatic rings. The van der Waals surface area contributed by atoms with E-state index in [-0.39, 0.29) is 22.9 Å². The number of carbonyl (C=O) groups is 2. The van der Waals surface area contributed by atoms with Crippen LogP contribution in [0.15, 0.2) is 36.4 Å². The minimum atomic E-state index is -5.08. The number of anilines is 1. The summed E-state index contributed by atoms with van der Waals surface area (Å²) >= 11 is 0. The largest absolute Gasteiger partial charge is 0.490 e. The first kappa shape index (κ1) is 30.7. The molecule has 1 amide bonds. The quantitative estimate of drug-likeness (QED) is 0.324. The van der Waals surface area contributed by atoms with Crippen molar-refractivity contribution in [2.75, 3.05) is 5.32 Å². The minimum absolute atomic E-state index is 0.0999. The van der Waals surface area contributed by atoms with Crippen molar-refractivity contribution in [3.8, 4) is 6.07 Å². The van der Waals surface area contributed by atoms with Crippen molar-refractivity contribution in [1.29, 1.82) is 5.26 Å². The fraction of sp³-hybridized carbons (Fsp3) is 0.594. The molecular formula is C32H40F3N3O3. The molecule has 222 valence electrons. The Hall–Kier alpha value is -3.28. The van der Waals surface area contributed by atoms with E-state index in [0.29, 0.717) is 11.5 Å². The van der Waals surface area contributed by atoms with E-state index in [1.54, 1.807) is 0 Å². The number of carboxylic acid groups (broad SMARTS) is 1. The van der Waals surface area contributed by atoms with E-state index < -0.39 is 12.1 Å². The standard InChI is InChI=1S/C30H39N3O.C2HF3O2/c1-19(2)11-27(32-26-10-9-23(18-31)24-7-5-6-8-25(24)26)28(34)33-29(3,4)30-15-20-12-21(16-30)14-22(13-20)17-30;3-2(4,5)1(6)7/h5-10,19-22,27,32H,11-17H2,1-4H3,(H,33,34);(H,6,7)/t20?,21?,22?,27-,30?;/m0./s1. The molecule has 4 saturated carbocycles. The van der Waals surface area contributed by atoms with Gasteiger partial charge < -0.3 is 15.7 Å². The molecule has 4 aliphatic carbocycles. The van der Waals surface area contributed by atoms with Gasteiger partial charge in [0.15, 0.2) is 0 Å². The molecule has 41 heavy (non-hydrogen) atoms. The first-order valence-electron chi connectivity index (χ1n) is 14.4. The molecule has 3 N–H and O–H groups in total. The third kappa shape index (κ3) is 6.63. The Morgan fingerprint density at radius 1 is 1.00 bits per heavy atom. The Kier molecular flexibility index (Phi) is 8.63. The molecule has 1 atom stereocenters. The van der Waals surface area contributed by atoms with Crippen molar-refractivity contribution < 1.29 is 27.9 Å². The molecule has 6 rings (SSSR count). The fourth-order valence-electron chi connectivity index (χ4n) is 7.82. The highest BCUT2D eigenvalue weighted by atomic mass is 19.4. The van der Waals surface area contributed by atoms with Gasteiger partial charge in [-0.1, -0.05) is 38.1 Å². The molecule has 0 radical (unpaired) electrons. The number of nitrogens with zero attached hydrogens (tertiary/aromatic N) is 1. The van der Waals surface area contributed by atoms with Crippen molar-refractivity contribution in [2.45, 2.75) is 90.4 Å². The Morgan fingerprint density at radius 3 is 1.98 bits per heavy atom. The van der Waals surface area contributed by atoms with Crippen LogP contribution in [0.3, 0.4) is 0 Å². The van der Waals surface area contributed by atoms with Crippen LogP contribution in [0.2, 0.25) is 0 Å². The molecule has 4 bridgehead atoms. The summed E-state index contributed by atoms with van der Waals surface area (Å²) in [7, 11) is 0. The van der Waals surface area contributed by atoms with Crippen molar-refractivity contribution in [1.82, 2.24) is 5.32 Å². The van der Waals surface area contributed by atoms with E-state index in [2.05, 4.69) is 44.4 Å². The first-order chi connectivity index (χ1) is 19.1. The number of fused-ring (bicyclic) bond motifs is 1. The molecule has 0 aliphatic heterocycles. The third-order valence-corrected chi connectivity index (χ3v) is 9.44. The van der Waals surface area contributed by atoms with Gasteiger partial charge in [-0.2, -0.15) is 18.4 Å². The summed E-state index contributed by atoms with van der Waals surface area (Å²) in [6.07, 6.45) is 3.72. The Balaban J connectivity index is 0.000000493. The number of aliphatic carboxylic acids is 1. The van der Waals surface area contributed by atoms with Crippen LogP contribution in [0, 0.1) is 40.4 Å². The minimum Gasteiger partial charge on any atom is -0.475 e. The number of hydrogen-bond donors (Lipinski definition) is 3. The zero-order valence-electron chi connectivity index (χ0n) is 24.1. The lowest BCUT2D eigenvalue weighted by Gasteiger charge is -2.62. The second-order valence-corrected chi connectivity index (χ2v) is 13.3. The summed E-state index contributed by atoms with van der Waals surface area (Å²) < 4.78 is 31.7. The van der Waals surface area contributed by atoms with E-state index >= 15 is 0 Å². The molecule has 0 aromatic heterocycles. The van der Waals surface area contributed by atoms with Gasteiger partial charge in [-0.3, -0.25) is 4.79 Å². The molecule has 0 unspecified atom stereocenters. The van der Waals surface area contributed by atoms with Gasteiger partial charge in [-0.05, 0) is 100 Å². The zero-order valence-corrected chi connectivity index (χ0v) is 24.1. The highest BCUT2D eigenvalue weighted by Crippen LogP contribution is 2.63. The van der Waals surface area contributed by atoms with Crippen LogP contribution in [0.1, 0.15) is 78.2 Å². The third-order valence-electron chi connectivity index (χ3n) is 9.44. The summed E-state index contributed by atoms with van der Waals surface area (Å²) in [4.78, 5) is 22.7. The maximum Gasteiger partial charge on any atom is 0.490 e. The van der Waals surface area contributed by atoms with E-state index in [1.807, 2.05) is 36.4 Å². The lowest BCUT2D eigenvalue weighted by atomic mass is 9.45. The molecule has 0 spiro atoms. The normalized spacial score (nSPS) is 25.7. The van der Waals surface area contributed by atoms with Crippen LogP contribution < -0.4 is 10.6 Å². The maximum absolute atomic E-state index is 13.8. The van der Waals surface area contributed by atoms with E-state index in [9.17, 15) is 23.2 Å². The van der Waals surface area contributed by atoms with Crippen molar-refractivity contribution in [2.24, 2.45) is 29.1 Å². The van der Waals surface area contributed by atoms with E-state index in [1.165, 1.54) is 38.5 Å². The fourth-order valence-corrected chi connectivity index (χ4v) is 7.82. The van der Waals surface area contributed by atoms with Gasteiger partial charge in [0.05, 0.1) is 11.6 Å². The van der Waals surface area contributed by atoms with Gasteiger partial charge in [0.2, 0.25) is 5.91 Å². The number of nitrogens with one attached hydrogen (secondary N) is 2. The first-order valence-corrected chi connectivity index (χ1v) is 14.4. The van der Waals surface area contributed by atoms with Crippen molar-refractivity contribution >= 4 is 28.3 Å². The van der Waals surface area contributed by atoms with Crippen LogP contribution in [-0.2, 0) is 9.59 Å². The predicted octanol–water partition coefficient (Wildman–Crippen LogP) is 7.28. The second kappa shape index (κ2) is 11.5. The number of halogens is 3. The van der Waals surface area contributed by atoms with Crippen LogP contribution in [0.4, 0.5) is 18.9 Å². The van der Waals surface area contributed by atoms with Crippen LogP contribution >= 0.6 is 0 Å². The van der Waals surface area contributed by atoms with Crippen molar-refractivity contribution in [3.63, 3.8) is 0 Å². The molecule has 6 nitrogen and oxygen atoms in total. The molecule has 4 fully saturated rings. The van der Waals surface area contributed by atoms with Crippen LogP contribution in [0.25, 0.3) is 10.8 Å². The average molecular weight is 572 g/mol. The summed E-state index contributed by atoms with van der Waals surface area (Å²) in [5, 5.41) is 25.7. The van der Waals surface area contributed by atoms with Gasteiger partial charge in [0, 0.05) is 22.0 Å². The number of carbonyl (C=O) groups excluding carboxylic acids is 1. The monoisotopic (exact) mass is 571 g/mol. The Morgan fingerprint density at radius 2 is 1.51 bits per heavy atom. The molecule has 2 aromatic carbocycles. The number of benzene rings is 2. The lowest BCUT2D eigenvalue weighted by molar-refractivity contribution is -0.192. The summed E-state index contributed by atoms with van der Waals surface area (Å²) in [5.74, 6) is 0.303. The Bertz CT molecular complexity index is 1290. The molecule has 2 aromatic rings. The van der Waals surface area contributed by atoms with Gasteiger partial charge in [0.1, 0.15) is 6.04 Å². The number of nitriles is 1. The number of hydrogen-bond acceptors (Lipinski definition) is 4. The molecule has 0 saturated heterocycles. The van der Waals surface area contributed by atoms with Crippen molar-refractivity contribution in [3.05, 3.63) is 42.0 Å². The van der Waals surface area contributed by atoms with Gasteiger partial charge >= 0.3 is 12.1 Å². The number of rotatable bonds is 7. The lowest BCUT2D eigenvalue weighted by Crippen LogP contribution is -2.64. The predicted molar refractivity (Wildman–Crippen MR) is 152 cm³/mol. The summed E-state index contributed by atoms with van der Waals surface area (Å²) in [5.41, 5.74) is 1.60. The second-order valence-electron chi connectivity index (χ2n) is 13.3. The SMILES string of the molecule is CC(C)C[C@H](Nc1ccc(C#N)c2ccccc12)C(=O)NC(C)(C)C12CC3CC(CC(C3)C1)C2.O=C(O)C(F)(F)F. The summed E-state index contributed by atoms with van der Waals surface area (Å²) in [6.45, 7) is 8.90. The highest BCUT2D eigenvalue weighted by Gasteiger charge is 2.57. The summed E-state index contributed by atoms with van der Waals surface area (Å²) in [6, 6.07) is 13.7. The average Bonchev–Trinajstić information content (AvgIpc) is 2.87. The van der Waals surface area contributed by atoms with Gasteiger partial charge in [-0.15, -0.1) is 0 Å². The number of carboxylic acids is 1. The molecule has 0 heterocycles. The topological polar surface area (TPSA) is 102 Å². The van der Waals surface area contributed by atoms with E-state index in [0.717, 1.165) is 40.6 Å². The smallest absolute Gasteiger partial charge is 0.475 e. The van der Waals surface area contributed by atoms with Crippen LogP contribution in [0.5, 0.6) is 0 Å². The zero-order chi connectivity index (χ0) is 30.2. The molecule has 9 heteroatoms. The molecular weight excluding hydrogens is 531 g/mol. The van der Waals surface area contributed by atoms with Gasteiger partial charge in [0.25, 0.3) is 0 Å². The number of alkyl halides is 3. The Labute approximate surface area is 239 Å². The van der Waals surface area contributed by atoms with Gasteiger partial charge in [-0.25, -0.2) is 4.79 Å². The maximum atomic E-state index is 13.8.